The van der Waals surface area contributed by atoms with Crippen LogP contribution in [0.25, 0.3) is 0 Å². The summed E-state index contributed by atoms with van der Waals surface area (Å²) in [5.41, 5.74) is 6.66. The summed E-state index contributed by atoms with van der Waals surface area (Å²) >= 11 is 0. The number of anilines is 1. The largest absolute Gasteiger partial charge is 0.496 e. The molecule has 5 heteroatoms. The topological polar surface area (TPSA) is 67.6 Å². The Bertz CT molecular complexity index is 391. The van der Waals surface area contributed by atoms with Gasteiger partial charge in [0.15, 0.2) is 0 Å². The van der Waals surface area contributed by atoms with Crippen LogP contribution in [0.5, 0.6) is 5.75 Å². The Morgan fingerprint density at radius 1 is 1.47 bits per heavy atom. The number of hydrogen-bond donors (Lipinski definition) is 2. The Hall–Kier alpha value is -1.75. The maximum absolute atomic E-state index is 11.9. The standard InChI is InChI=1S/C12H19N3O2/c1-15(2)7-6-14-12(16)10-8-9(13)4-5-11(10)17-3/h4-5,8H,6-7,13H2,1-3H3,(H,14,16). The van der Waals surface area contributed by atoms with E-state index in [1.165, 1.54) is 7.11 Å². The van der Waals surface area contributed by atoms with Crippen LogP contribution in [0.3, 0.4) is 0 Å². The van der Waals surface area contributed by atoms with E-state index >= 15 is 0 Å². The molecule has 0 bridgehead atoms. The van der Waals surface area contributed by atoms with E-state index in [2.05, 4.69) is 5.32 Å². The lowest BCUT2D eigenvalue weighted by atomic mass is 10.1. The Morgan fingerprint density at radius 3 is 2.76 bits per heavy atom. The molecule has 1 aromatic rings. The van der Waals surface area contributed by atoms with Gasteiger partial charge in [-0.3, -0.25) is 4.79 Å². The second kappa shape index (κ2) is 6.10. The number of nitrogen functional groups attached to an aromatic ring is 1. The van der Waals surface area contributed by atoms with Crippen LogP contribution in [0.1, 0.15) is 10.4 Å². The molecule has 0 saturated heterocycles. The molecule has 0 spiro atoms. The molecular formula is C12H19N3O2. The summed E-state index contributed by atoms with van der Waals surface area (Å²) in [5, 5.41) is 2.82. The van der Waals surface area contributed by atoms with Gasteiger partial charge in [0.05, 0.1) is 12.7 Å². The fourth-order valence-corrected chi connectivity index (χ4v) is 1.39. The maximum Gasteiger partial charge on any atom is 0.255 e. The number of likely N-dealkylation sites (N-methyl/N-ethyl adjacent to an activating group) is 1. The average Bonchev–Trinajstić information content (AvgIpc) is 2.28. The van der Waals surface area contributed by atoms with Crippen LogP contribution in [-0.4, -0.2) is 45.1 Å². The minimum atomic E-state index is -0.170. The highest BCUT2D eigenvalue weighted by Crippen LogP contribution is 2.20. The van der Waals surface area contributed by atoms with Gasteiger partial charge in [0.2, 0.25) is 0 Å². The van der Waals surface area contributed by atoms with E-state index in [1.807, 2.05) is 19.0 Å². The van der Waals surface area contributed by atoms with Crippen molar-refractivity contribution in [1.82, 2.24) is 10.2 Å². The predicted octanol–water partition coefficient (Wildman–Crippen LogP) is 0.569. The molecule has 1 rings (SSSR count). The highest BCUT2D eigenvalue weighted by Gasteiger charge is 2.11. The molecule has 3 N–H and O–H groups in total. The number of nitrogens with one attached hydrogen (secondary N) is 1. The molecular weight excluding hydrogens is 218 g/mol. The van der Waals surface area contributed by atoms with E-state index in [9.17, 15) is 4.79 Å². The van der Waals surface area contributed by atoms with E-state index in [4.69, 9.17) is 10.5 Å². The number of nitrogens with two attached hydrogens (primary N) is 1. The molecule has 0 saturated carbocycles. The highest BCUT2D eigenvalue weighted by atomic mass is 16.5. The van der Waals surface area contributed by atoms with E-state index in [1.54, 1.807) is 18.2 Å². The molecule has 0 radical (unpaired) electrons. The molecule has 94 valence electrons. The molecule has 0 aliphatic carbocycles. The van der Waals surface area contributed by atoms with Crippen molar-refractivity contribution in [2.45, 2.75) is 0 Å². The van der Waals surface area contributed by atoms with Crippen molar-refractivity contribution in [3.05, 3.63) is 23.8 Å². The van der Waals surface area contributed by atoms with Crippen LogP contribution in [0, 0.1) is 0 Å². The van der Waals surface area contributed by atoms with Gasteiger partial charge >= 0.3 is 0 Å². The third-order valence-corrected chi connectivity index (χ3v) is 2.31. The van der Waals surface area contributed by atoms with Crippen LogP contribution in [0.2, 0.25) is 0 Å². The first-order valence-corrected chi connectivity index (χ1v) is 5.41. The van der Waals surface area contributed by atoms with Crippen LogP contribution in [0.4, 0.5) is 5.69 Å². The van der Waals surface area contributed by atoms with Crippen molar-refractivity contribution >= 4 is 11.6 Å². The van der Waals surface area contributed by atoms with E-state index in [0.29, 0.717) is 23.5 Å². The fraction of sp³-hybridized carbons (Fsp3) is 0.417. The molecule has 1 aromatic carbocycles. The Morgan fingerprint density at radius 2 is 2.18 bits per heavy atom. The van der Waals surface area contributed by atoms with Gasteiger partial charge in [0.1, 0.15) is 5.75 Å². The average molecular weight is 237 g/mol. The second-order valence-corrected chi connectivity index (χ2v) is 4.02. The molecule has 17 heavy (non-hydrogen) atoms. The van der Waals surface area contributed by atoms with Gasteiger partial charge in [-0.1, -0.05) is 0 Å². The third-order valence-electron chi connectivity index (χ3n) is 2.31. The minimum absolute atomic E-state index is 0.170. The molecule has 1 amide bonds. The van der Waals surface area contributed by atoms with Crippen molar-refractivity contribution in [1.29, 1.82) is 0 Å². The van der Waals surface area contributed by atoms with Crippen molar-refractivity contribution in [3.8, 4) is 5.75 Å². The Balaban J connectivity index is 2.70. The predicted molar refractivity (Wildman–Crippen MR) is 68.3 cm³/mol. The number of benzene rings is 1. The van der Waals surface area contributed by atoms with Gasteiger partial charge in [-0.15, -0.1) is 0 Å². The first-order valence-electron chi connectivity index (χ1n) is 5.41. The van der Waals surface area contributed by atoms with Crippen molar-refractivity contribution < 1.29 is 9.53 Å². The molecule has 0 unspecified atom stereocenters. The Kier molecular flexibility index (Phi) is 4.78. The number of hydrogen-bond acceptors (Lipinski definition) is 4. The molecule has 0 fully saturated rings. The molecule has 0 aromatic heterocycles. The molecule has 0 aliphatic rings. The van der Waals surface area contributed by atoms with Crippen molar-refractivity contribution in [2.75, 3.05) is 40.0 Å². The summed E-state index contributed by atoms with van der Waals surface area (Å²) in [6.07, 6.45) is 0. The lowest BCUT2D eigenvalue weighted by Crippen LogP contribution is -2.31. The summed E-state index contributed by atoms with van der Waals surface area (Å²) in [5.74, 6) is 0.359. The van der Waals surface area contributed by atoms with Crippen molar-refractivity contribution in [2.24, 2.45) is 0 Å². The summed E-state index contributed by atoms with van der Waals surface area (Å²) in [6, 6.07) is 5.01. The number of carbonyl (C=O) groups is 1. The number of ether oxygens (including phenoxy) is 1. The summed E-state index contributed by atoms with van der Waals surface area (Å²) < 4.78 is 5.12. The minimum Gasteiger partial charge on any atom is -0.496 e. The molecule has 0 aliphatic heterocycles. The van der Waals surface area contributed by atoms with Gasteiger partial charge in [0, 0.05) is 18.8 Å². The quantitative estimate of drug-likeness (QED) is 0.735. The number of nitrogens with zero attached hydrogens (tertiary/aromatic N) is 1. The van der Waals surface area contributed by atoms with Crippen LogP contribution in [0.15, 0.2) is 18.2 Å². The number of methoxy groups -OCH3 is 1. The monoisotopic (exact) mass is 237 g/mol. The molecule has 0 heterocycles. The normalized spacial score (nSPS) is 10.4. The molecule has 5 nitrogen and oxygen atoms in total. The van der Waals surface area contributed by atoms with Crippen LogP contribution in [-0.2, 0) is 0 Å². The van der Waals surface area contributed by atoms with Gasteiger partial charge in [-0.2, -0.15) is 0 Å². The van der Waals surface area contributed by atoms with E-state index in [0.717, 1.165) is 6.54 Å². The Labute approximate surface area is 102 Å². The third kappa shape index (κ3) is 3.96. The summed E-state index contributed by atoms with van der Waals surface area (Å²) in [7, 11) is 5.43. The maximum atomic E-state index is 11.9. The zero-order valence-corrected chi connectivity index (χ0v) is 10.5. The number of amides is 1. The summed E-state index contributed by atoms with van der Waals surface area (Å²) in [6.45, 7) is 1.38. The van der Waals surface area contributed by atoms with Gasteiger partial charge in [0.25, 0.3) is 5.91 Å². The van der Waals surface area contributed by atoms with Crippen LogP contribution < -0.4 is 15.8 Å². The lowest BCUT2D eigenvalue weighted by Gasteiger charge is -2.12. The summed E-state index contributed by atoms with van der Waals surface area (Å²) in [4.78, 5) is 13.9. The highest BCUT2D eigenvalue weighted by molar-refractivity contribution is 5.97. The van der Waals surface area contributed by atoms with Gasteiger partial charge in [-0.05, 0) is 32.3 Å². The first kappa shape index (κ1) is 13.3. The van der Waals surface area contributed by atoms with Gasteiger partial charge < -0.3 is 20.7 Å². The van der Waals surface area contributed by atoms with Crippen LogP contribution >= 0.6 is 0 Å². The smallest absolute Gasteiger partial charge is 0.255 e. The zero-order chi connectivity index (χ0) is 12.8. The fourth-order valence-electron chi connectivity index (χ4n) is 1.39. The van der Waals surface area contributed by atoms with Gasteiger partial charge in [-0.25, -0.2) is 0 Å². The second-order valence-electron chi connectivity index (χ2n) is 4.02. The number of carbonyl (C=O) groups excluding carboxylic acids is 1. The number of rotatable bonds is 5. The van der Waals surface area contributed by atoms with E-state index in [-0.39, 0.29) is 5.91 Å². The van der Waals surface area contributed by atoms with Crippen molar-refractivity contribution in [3.63, 3.8) is 0 Å². The SMILES string of the molecule is COc1ccc(N)cc1C(=O)NCCN(C)C. The first-order chi connectivity index (χ1) is 8.04. The zero-order valence-electron chi connectivity index (χ0n) is 10.5. The van der Waals surface area contributed by atoms with E-state index < -0.39 is 0 Å². The lowest BCUT2D eigenvalue weighted by molar-refractivity contribution is 0.0948. The molecule has 0 atom stereocenters.